The summed E-state index contributed by atoms with van der Waals surface area (Å²) in [6, 6.07) is 0. The van der Waals surface area contributed by atoms with Gasteiger partial charge < -0.3 is 10.1 Å². The fourth-order valence-electron chi connectivity index (χ4n) is 2.67. The first-order chi connectivity index (χ1) is 9.74. The van der Waals surface area contributed by atoms with Crippen LogP contribution in [0.15, 0.2) is 17.9 Å². The molecule has 0 aromatic carbocycles. The van der Waals surface area contributed by atoms with E-state index in [1.54, 1.807) is 11.3 Å². The molecule has 0 bridgehead atoms. The van der Waals surface area contributed by atoms with Crippen molar-refractivity contribution in [1.29, 1.82) is 0 Å². The first-order valence-electron chi connectivity index (χ1n) is 6.94. The zero-order valence-corrected chi connectivity index (χ0v) is 12.7. The van der Waals surface area contributed by atoms with Crippen LogP contribution in [0.4, 0.5) is 0 Å². The number of ether oxygens (including phenoxy) is 1. The Morgan fingerprint density at radius 2 is 2.45 bits per heavy atom. The number of aromatic nitrogens is 3. The number of hydrogen-bond acceptors (Lipinski definition) is 5. The minimum absolute atomic E-state index is 0.179. The van der Waals surface area contributed by atoms with Crippen LogP contribution in [0.3, 0.4) is 0 Å². The molecule has 3 rings (SSSR count). The van der Waals surface area contributed by atoms with Gasteiger partial charge in [0.2, 0.25) is 0 Å². The van der Waals surface area contributed by atoms with Gasteiger partial charge in [-0.1, -0.05) is 0 Å². The summed E-state index contributed by atoms with van der Waals surface area (Å²) in [5.74, 6) is 0.521. The van der Waals surface area contributed by atoms with Gasteiger partial charge in [0.25, 0.3) is 0 Å². The smallest absolute Gasteiger partial charge is 0.0896 e. The predicted molar refractivity (Wildman–Crippen MR) is 78.6 cm³/mol. The highest BCUT2D eigenvalue weighted by Gasteiger charge is 2.30. The van der Waals surface area contributed by atoms with Crippen LogP contribution in [0.25, 0.3) is 0 Å². The van der Waals surface area contributed by atoms with E-state index in [1.165, 1.54) is 10.4 Å². The summed E-state index contributed by atoms with van der Waals surface area (Å²) < 4.78 is 7.71. The lowest BCUT2D eigenvalue weighted by Gasteiger charge is -2.17. The van der Waals surface area contributed by atoms with Crippen molar-refractivity contribution < 1.29 is 4.74 Å². The molecule has 0 spiro atoms. The average molecular weight is 292 g/mol. The SMILES string of the molecule is Cc1ncsc1CNC[C@@H]1CCO[C@H]1c1cnn(C)c1. The third-order valence-electron chi connectivity index (χ3n) is 3.80. The maximum Gasteiger partial charge on any atom is 0.0896 e. The van der Waals surface area contributed by atoms with Gasteiger partial charge in [-0.15, -0.1) is 11.3 Å². The van der Waals surface area contributed by atoms with Crippen LogP contribution in [0.1, 0.15) is 28.7 Å². The third kappa shape index (κ3) is 2.92. The number of thiazole rings is 1. The van der Waals surface area contributed by atoms with Gasteiger partial charge in [0.05, 0.1) is 23.5 Å². The molecule has 0 unspecified atom stereocenters. The fourth-order valence-corrected chi connectivity index (χ4v) is 3.41. The third-order valence-corrected chi connectivity index (χ3v) is 4.74. The van der Waals surface area contributed by atoms with Gasteiger partial charge in [-0.3, -0.25) is 4.68 Å². The number of aryl methyl sites for hydroxylation is 2. The molecule has 1 aliphatic rings. The number of nitrogens with zero attached hydrogens (tertiary/aromatic N) is 3. The number of rotatable bonds is 5. The molecule has 2 aromatic heterocycles. The predicted octanol–water partition coefficient (Wildman–Crippen LogP) is 2.05. The van der Waals surface area contributed by atoms with E-state index in [1.807, 2.05) is 23.4 Å². The second-order valence-corrected chi connectivity index (χ2v) is 6.22. The average Bonchev–Trinajstić information content (AvgIpc) is 3.12. The Hall–Kier alpha value is -1.24. The normalized spacial score (nSPS) is 22.5. The summed E-state index contributed by atoms with van der Waals surface area (Å²) in [6.45, 7) is 4.76. The van der Waals surface area contributed by atoms with Gasteiger partial charge in [-0.05, 0) is 13.3 Å². The maximum absolute atomic E-state index is 5.87. The molecule has 1 N–H and O–H groups in total. The lowest BCUT2D eigenvalue weighted by Crippen LogP contribution is -2.24. The van der Waals surface area contributed by atoms with E-state index in [-0.39, 0.29) is 6.10 Å². The molecule has 0 radical (unpaired) electrons. The Bertz CT molecular complexity index is 565. The van der Waals surface area contributed by atoms with Gasteiger partial charge >= 0.3 is 0 Å². The molecule has 0 amide bonds. The lowest BCUT2D eigenvalue weighted by molar-refractivity contribution is 0.0904. The van der Waals surface area contributed by atoms with Crippen LogP contribution in [0.5, 0.6) is 0 Å². The second-order valence-electron chi connectivity index (χ2n) is 5.28. The van der Waals surface area contributed by atoms with Crippen molar-refractivity contribution in [2.45, 2.75) is 26.0 Å². The van der Waals surface area contributed by atoms with Crippen molar-refractivity contribution in [2.24, 2.45) is 13.0 Å². The molecule has 2 aromatic rings. The fraction of sp³-hybridized carbons (Fsp3) is 0.571. The minimum Gasteiger partial charge on any atom is -0.373 e. The van der Waals surface area contributed by atoms with Gasteiger partial charge in [-0.2, -0.15) is 5.10 Å². The zero-order valence-electron chi connectivity index (χ0n) is 11.9. The molecule has 3 heterocycles. The summed E-state index contributed by atoms with van der Waals surface area (Å²) in [7, 11) is 1.94. The maximum atomic E-state index is 5.87. The summed E-state index contributed by atoms with van der Waals surface area (Å²) >= 11 is 1.71. The minimum atomic E-state index is 0.179. The summed E-state index contributed by atoms with van der Waals surface area (Å²) in [5, 5.41) is 7.78. The van der Waals surface area contributed by atoms with Crippen LogP contribution >= 0.6 is 11.3 Å². The molecule has 0 aliphatic carbocycles. The molecule has 1 aliphatic heterocycles. The highest BCUT2D eigenvalue weighted by atomic mass is 32.1. The monoisotopic (exact) mass is 292 g/mol. The highest BCUT2D eigenvalue weighted by molar-refractivity contribution is 7.09. The molecule has 20 heavy (non-hydrogen) atoms. The molecule has 2 atom stereocenters. The highest BCUT2D eigenvalue weighted by Crippen LogP contribution is 2.33. The largest absolute Gasteiger partial charge is 0.373 e. The van der Waals surface area contributed by atoms with E-state index < -0.39 is 0 Å². The zero-order chi connectivity index (χ0) is 13.9. The van der Waals surface area contributed by atoms with Crippen molar-refractivity contribution in [3.8, 4) is 0 Å². The lowest BCUT2D eigenvalue weighted by atomic mass is 9.97. The first-order valence-corrected chi connectivity index (χ1v) is 7.82. The van der Waals surface area contributed by atoms with E-state index in [2.05, 4.69) is 28.5 Å². The second kappa shape index (κ2) is 6.03. The number of hydrogen-bond donors (Lipinski definition) is 1. The van der Waals surface area contributed by atoms with Crippen LogP contribution < -0.4 is 5.32 Å². The van der Waals surface area contributed by atoms with Crippen molar-refractivity contribution in [2.75, 3.05) is 13.2 Å². The van der Waals surface area contributed by atoms with E-state index in [0.29, 0.717) is 5.92 Å². The Morgan fingerprint density at radius 1 is 1.55 bits per heavy atom. The van der Waals surface area contributed by atoms with Gasteiger partial charge in [0, 0.05) is 49.3 Å². The molecular formula is C14H20N4OS. The van der Waals surface area contributed by atoms with Crippen molar-refractivity contribution in [3.63, 3.8) is 0 Å². The molecule has 0 saturated carbocycles. The van der Waals surface area contributed by atoms with Crippen LogP contribution in [0, 0.1) is 12.8 Å². The molecule has 1 fully saturated rings. The Balaban J connectivity index is 1.55. The molecule has 6 heteroatoms. The van der Waals surface area contributed by atoms with E-state index in [0.717, 1.165) is 31.8 Å². The van der Waals surface area contributed by atoms with Crippen LogP contribution in [-0.4, -0.2) is 27.9 Å². The Kier molecular flexibility index (Phi) is 4.14. The van der Waals surface area contributed by atoms with E-state index in [4.69, 9.17) is 4.74 Å². The Morgan fingerprint density at radius 3 is 3.15 bits per heavy atom. The van der Waals surface area contributed by atoms with E-state index >= 15 is 0 Å². The molecule has 1 saturated heterocycles. The van der Waals surface area contributed by atoms with Crippen LogP contribution in [0.2, 0.25) is 0 Å². The molecular weight excluding hydrogens is 272 g/mol. The summed E-state index contributed by atoms with van der Waals surface area (Å²) in [5.41, 5.74) is 4.23. The standard InChI is InChI=1S/C14H20N4OS/c1-10-13(20-9-16-10)7-15-5-11-3-4-19-14(11)12-6-17-18(2)8-12/h6,8-9,11,14-15H,3-5,7H2,1-2H3/t11-,14+/m0/s1. The summed E-state index contributed by atoms with van der Waals surface area (Å²) in [4.78, 5) is 5.60. The molecule has 108 valence electrons. The topological polar surface area (TPSA) is 52.0 Å². The van der Waals surface area contributed by atoms with Crippen molar-refractivity contribution in [1.82, 2.24) is 20.1 Å². The van der Waals surface area contributed by atoms with Crippen molar-refractivity contribution >= 4 is 11.3 Å². The van der Waals surface area contributed by atoms with E-state index in [9.17, 15) is 0 Å². The van der Waals surface area contributed by atoms with Gasteiger partial charge in [0.15, 0.2) is 0 Å². The van der Waals surface area contributed by atoms with Gasteiger partial charge in [0.1, 0.15) is 0 Å². The number of nitrogens with one attached hydrogen (secondary N) is 1. The first kappa shape index (κ1) is 13.7. The van der Waals surface area contributed by atoms with Crippen LogP contribution in [-0.2, 0) is 18.3 Å². The van der Waals surface area contributed by atoms with Gasteiger partial charge in [-0.25, -0.2) is 4.98 Å². The summed E-state index contributed by atoms with van der Waals surface area (Å²) in [6.07, 6.45) is 5.25. The quantitative estimate of drug-likeness (QED) is 0.916. The Labute approximate surface area is 123 Å². The molecule has 5 nitrogen and oxygen atoms in total. The van der Waals surface area contributed by atoms with Crippen molar-refractivity contribution in [3.05, 3.63) is 34.0 Å².